The van der Waals surface area contributed by atoms with Gasteiger partial charge < -0.3 is 10.1 Å². The maximum absolute atomic E-state index is 6.03. The van der Waals surface area contributed by atoms with E-state index in [1.54, 1.807) is 0 Å². The molecule has 0 amide bonds. The van der Waals surface area contributed by atoms with Crippen LogP contribution in [0, 0.1) is 0 Å². The molecule has 14 heavy (non-hydrogen) atoms. The molecule has 74 valence electrons. The van der Waals surface area contributed by atoms with E-state index < -0.39 is 0 Å². The molecule has 2 aromatic heterocycles. The molecular weight excluding hydrogens is 240 g/mol. The average molecular weight is 253 g/mol. The van der Waals surface area contributed by atoms with Gasteiger partial charge in [-0.2, -0.15) is 0 Å². The predicted molar refractivity (Wildman–Crippen MR) is 62.3 cm³/mol. The predicted octanol–water partition coefficient (Wildman–Crippen LogP) is 2.90. The Bertz CT molecular complexity index is 466. The van der Waals surface area contributed by atoms with Crippen molar-refractivity contribution >= 4 is 21.4 Å². The van der Waals surface area contributed by atoms with Gasteiger partial charge in [0, 0.05) is 27.9 Å². The van der Waals surface area contributed by atoms with Crippen LogP contribution in [0.25, 0.3) is 5.52 Å². The highest BCUT2D eigenvalue weighted by Crippen LogP contribution is 2.21. The number of rotatable bonds is 1. The Hall–Kier alpha value is -0.800. The molecule has 2 N–H and O–H groups in total. The fourth-order valence-corrected chi connectivity index (χ4v) is 1.79. The molecule has 3 heteroatoms. The van der Waals surface area contributed by atoms with Crippen LogP contribution >= 0.6 is 15.9 Å². The van der Waals surface area contributed by atoms with Crippen molar-refractivity contribution in [3.63, 3.8) is 0 Å². The first-order chi connectivity index (χ1) is 6.47. The number of hydrogen-bond acceptors (Lipinski definition) is 1. The van der Waals surface area contributed by atoms with Gasteiger partial charge in [0.2, 0.25) is 0 Å². The number of pyridine rings is 1. The lowest BCUT2D eigenvalue weighted by Crippen LogP contribution is -2.27. The normalized spacial score (nSPS) is 12.3. The van der Waals surface area contributed by atoms with Crippen LogP contribution in [-0.2, 0) is 5.54 Å². The van der Waals surface area contributed by atoms with Crippen molar-refractivity contribution in [3.8, 4) is 0 Å². The van der Waals surface area contributed by atoms with Crippen molar-refractivity contribution in [1.82, 2.24) is 4.40 Å². The molecule has 0 spiro atoms. The van der Waals surface area contributed by atoms with E-state index in [0.717, 1.165) is 10.0 Å². The Morgan fingerprint density at radius 3 is 2.64 bits per heavy atom. The molecule has 0 aromatic carbocycles. The summed E-state index contributed by atoms with van der Waals surface area (Å²) in [5.74, 6) is 0. The van der Waals surface area contributed by atoms with Crippen LogP contribution in [0.5, 0.6) is 0 Å². The molecule has 0 atom stereocenters. The Kier molecular flexibility index (Phi) is 2.16. The van der Waals surface area contributed by atoms with Crippen LogP contribution in [0.2, 0.25) is 0 Å². The topological polar surface area (TPSA) is 30.4 Å². The molecule has 0 saturated carbocycles. The van der Waals surface area contributed by atoms with E-state index in [-0.39, 0.29) is 5.54 Å². The zero-order valence-corrected chi connectivity index (χ0v) is 9.88. The van der Waals surface area contributed by atoms with Crippen molar-refractivity contribution in [3.05, 3.63) is 40.6 Å². The third kappa shape index (κ3) is 1.70. The molecular formula is C11H13BrN2. The molecule has 2 heterocycles. The summed E-state index contributed by atoms with van der Waals surface area (Å²) in [7, 11) is 0. The van der Waals surface area contributed by atoms with Crippen LogP contribution in [0.15, 0.2) is 35.1 Å². The Morgan fingerprint density at radius 1 is 1.29 bits per heavy atom. The highest BCUT2D eigenvalue weighted by atomic mass is 79.9. The zero-order chi connectivity index (χ0) is 10.3. The number of fused-ring (bicyclic) bond motifs is 1. The van der Waals surface area contributed by atoms with E-state index in [2.05, 4.69) is 38.7 Å². The number of hydrogen-bond donors (Lipinski definition) is 1. The van der Waals surface area contributed by atoms with Crippen LogP contribution in [0.1, 0.15) is 19.4 Å². The Morgan fingerprint density at radius 2 is 2.00 bits per heavy atom. The summed E-state index contributed by atoms with van der Waals surface area (Å²) < 4.78 is 3.15. The summed E-state index contributed by atoms with van der Waals surface area (Å²) in [6, 6.07) is 6.22. The lowest BCUT2D eigenvalue weighted by atomic mass is 9.99. The minimum absolute atomic E-state index is 0.279. The molecule has 0 fully saturated rings. The number of aromatic nitrogens is 1. The van der Waals surface area contributed by atoms with Gasteiger partial charge in [-0.3, -0.25) is 0 Å². The third-order valence-corrected chi connectivity index (χ3v) is 2.77. The molecule has 0 saturated heterocycles. The lowest BCUT2D eigenvalue weighted by Gasteiger charge is -2.15. The summed E-state index contributed by atoms with van der Waals surface area (Å²) in [5.41, 5.74) is 8.07. The van der Waals surface area contributed by atoms with E-state index in [4.69, 9.17) is 5.73 Å². The first-order valence-electron chi connectivity index (χ1n) is 4.53. The highest BCUT2D eigenvalue weighted by molar-refractivity contribution is 9.10. The first-order valence-corrected chi connectivity index (χ1v) is 5.33. The third-order valence-electron chi connectivity index (χ3n) is 2.30. The maximum atomic E-state index is 6.03. The van der Waals surface area contributed by atoms with Crippen LogP contribution in [0.3, 0.4) is 0 Å². The van der Waals surface area contributed by atoms with E-state index >= 15 is 0 Å². The molecule has 2 aromatic rings. The number of halogens is 1. The van der Waals surface area contributed by atoms with E-state index in [0.29, 0.717) is 0 Å². The van der Waals surface area contributed by atoms with Gasteiger partial charge in [0.1, 0.15) is 0 Å². The fourth-order valence-electron chi connectivity index (χ4n) is 1.43. The SMILES string of the molecule is CC(C)(N)c1cc2ccc(Br)cn2c1. The van der Waals surface area contributed by atoms with Gasteiger partial charge >= 0.3 is 0 Å². The van der Waals surface area contributed by atoms with E-state index in [9.17, 15) is 0 Å². The van der Waals surface area contributed by atoms with Gasteiger partial charge in [-0.25, -0.2) is 0 Å². The van der Waals surface area contributed by atoms with Crippen molar-refractivity contribution in [2.24, 2.45) is 5.73 Å². The largest absolute Gasteiger partial charge is 0.322 e. The lowest BCUT2D eigenvalue weighted by molar-refractivity contribution is 0.555. The van der Waals surface area contributed by atoms with Crippen LogP contribution in [0.4, 0.5) is 0 Å². The van der Waals surface area contributed by atoms with E-state index in [1.807, 2.05) is 26.1 Å². The van der Waals surface area contributed by atoms with E-state index in [1.165, 1.54) is 5.52 Å². The molecule has 0 radical (unpaired) electrons. The monoisotopic (exact) mass is 252 g/mol. The summed E-state index contributed by atoms with van der Waals surface area (Å²) >= 11 is 3.44. The zero-order valence-electron chi connectivity index (χ0n) is 8.29. The Labute approximate surface area is 91.9 Å². The van der Waals surface area contributed by atoms with Crippen molar-refractivity contribution in [2.45, 2.75) is 19.4 Å². The van der Waals surface area contributed by atoms with Crippen LogP contribution in [-0.4, -0.2) is 4.40 Å². The van der Waals surface area contributed by atoms with Crippen molar-refractivity contribution in [1.29, 1.82) is 0 Å². The summed E-state index contributed by atoms with van der Waals surface area (Å²) in [6.07, 6.45) is 4.10. The second-order valence-corrected chi connectivity index (χ2v) is 5.05. The summed E-state index contributed by atoms with van der Waals surface area (Å²) in [4.78, 5) is 0. The molecule has 0 unspecified atom stereocenters. The quantitative estimate of drug-likeness (QED) is 0.832. The minimum atomic E-state index is -0.279. The highest BCUT2D eigenvalue weighted by Gasteiger charge is 2.15. The average Bonchev–Trinajstić information content (AvgIpc) is 2.45. The molecule has 0 bridgehead atoms. The van der Waals surface area contributed by atoms with Crippen molar-refractivity contribution < 1.29 is 0 Å². The van der Waals surface area contributed by atoms with Crippen molar-refractivity contribution in [2.75, 3.05) is 0 Å². The van der Waals surface area contributed by atoms with Crippen LogP contribution < -0.4 is 5.73 Å². The maximum Gasteiger partial charge on any atom is 0.0454 e. The molecule has 0 aliphatic heterocycles. The van der Waals surface area contributed by atoms with Gasteiger partial charge in [0.05, 0.1) is 0 Å². The molecule has 2 nitrogen and oxygen atoms in total. The first kappa shape index (κ1) is 9.74. The second kappa shape index (κ2) is 3.11. The summed E-state index contributed by atoms with van der Waals surface area (Å²) in [6.45, 7) is 4.02. The smallest absolute Gasteiger partial charge is 0.0454 e. The van der Waals surface area contributed by atoms with Gasteiger partial charge in [-0.05, 0) is 53.5 Å². The fraction of sp³-hybridized carbons (Fsp3) is 0.273. The number of nitrogens with zero attached hydrogens (tertiary/aromatic N) is 1. The number of nitrogens with two attached hydrogens (primary N) is 1. The Balaban J connectivity index is 2.63. The molecule has 2 rings (SSSR count). The molecule has 0 aliphatic carbocycles. The van der Waals surface area contributed by atoms with Gasteiger partial charge in [-0.15, -0.1) is 0 Å². The van der Waals surface area contributed by atoms with Gasteiger partial charge in [0.25, 0.3) is 0 Å². The molecule has 0 aliphatic rings. The van der Waals surface area contributed by atoms with Gasteiger partial charge in [-0.1, -0.05) is 0 Å². The summed E-state index contributed by atoms with van der Waals surface area (Å²) in [5, 5.41) is 0. The van der Waals surface area contributed by atoms with Gasteiger partial charge in [0.15, 0.2) is 0 Å². The second-order valence-electron chi connectivity index (χ2n) is 4.13. The standard InChI is InChI=1S/C11H13BrN2/c1-11(2,13)8-5-10-4-3-9(12)7-14(10)6-8/h3-7H,13H2,1-2H3. The minimum Gasteiger partial charge on any atom is -0.322 e.